The van der Waals surface area contributed by atoms with Gasteiger partial charge in [0, 0.05) is 50.0 Å². The third-order valence-corrected chi connectivity index (χ3v) is 6.74. The smallest absolute Gasteiger partial charge is 0.162 e. The van der Waals surface area contributed by atoms with Crippen molar-refractivity contribution in [2.45, 2.75) is 38.3 Å². The zero-order chi connectivity index (χ0) is 26.2. The van der Waals surface area contributed by atoms with Crippen LogP contribution in [0.1, 0.15) is 25.3 Å². The number of nitrogens with zero attached hydrogens (tertiary/aromatic N) is 3. The Morgan fingerprint density at radius 3 is 2.65 bits per heavy atom. The van der Waals surface area contributed by atoms with Crippen LogP contribution in [0.2, 0.25) is 0 Å². The molecule has 198 valence electrons. The van der Waals surface area contributed by atoms with Gasteiger partial charge < -0.3 is 29.5 Å². The molecule has 2 heterocycles. The van der Waals surface area contributed by atoms with E-state index in [0.29, 0.717) is 24.2 Å². The van der Waals surface area contributed by atoms with Crippen LogP contribution in [0.5, 0.6) is 11.5 Å². The number of aliphatic hydroxyl groups is 1. The molecule has 37 heavy (non-hydrogen) atoms. The average Bonchev–Trinajstić information content (AvgIpc) is 2.95. The van der Waals surface area contributed by atoms with Gasteiger partial charge in [-0.1, -0.05) is 19.1 Å². The van der Waals surface area contributed by atoms with Crippen LogP contribution < -0.4 is 19.7 Å². The van der Waals surface area contributed by atoms with Crippen molar-refractivity contribution in [2.24, 2.45) is 0 Å². The average molecular weight is 507 g/mol. The van der Waals surface area contributed by atoms with Crippen LogP contribution in [-0.4, -0.2) is 74.8 Å². The van der Waals surface area contributed by atoms with E-state index in [9.17, 15) is 5.11 Å². The minimum atomic E-state index is -0.587. The predicted octanol–water partition coefficient (Wildman–Crippen LogP) is 3.96. The van der Waals surface area contributed by atoms with E-state index in [2.05, 4.69) is 36.3 Å². The Morgan fingerprint density at radius 1 is 1.11 bits per heavy atom. The van der Waals surface area contributed by atoms with Crippen LogP contribution in [0, 0.1) is 0 Å². The highest BCUT2D eigenvalue weighted by molar-refractivity contribution is 5.70. The van der Waals surface area contributed by atoms with Gasteiger partial charge in [0.1, 0.15) is 30.0 Å². The van der Waals surface area contributed by atoms with E-state index in [1.807, 2.05) is 36.4 Å². The van der Waals surface area contributed by atoms with Crippen molar-refractivity contribution in [3.8, 4) is 34.1 Å². The lowest BCUT2D eigenvalue weighted by atomic mass is 10.0. The van der Waals surface area contributed by atoms with E-state index < -0.39 is 6.10 Å². The van der Waals surface area contributed by atoms with Crippen LogP contribution in [-0.2, 0) is 11.2 Å². The van der Waals surface area contributed by atoms with Crippen molar-refractivity contribution >= 4 is 5.82 Å². The number of likely N-dealkylation sites (N-methyl/N-ethyl adjacent to an activating group) is 1. The third kappa shape index (κ3) is 6.77. The molecule has 1 saturated heterocycles. The molecule has 0 saturated carbocycles. The molecule has 0 aliphatic carbocycles. The van der Waals surface area contributed by atoms with Crippen LogP contribution in [0.15, 0.2) is 48.5 Å². The monoisotopic (exact) mass is 506 g/mol. The van der Waals surface area contributed by atoms with Gasteiger partial charge in [-0.15, -0.1) is 0 Å². The number of nitrogens with one attached hydrogen (secondary N) is 1. The number of ether oxygens (including phenoxy) is 3. The summed E-state index contributed by atoms with van der Waals surface area (Å²) >= 11 is 0. The van der Waals surface area contributed by atoms with E-state index >= 15 is 0 Å². The maximum absolute atomic E-state index is 10.0. The fourth-order valence-electron chi connectivity index (χ4n) is 4.58. The zero-order valence-electron chi connectivity index (χ0n) is 22.2. The highest BCUT2D eigenvalue weighted by atomic mass is 16.5. The Bertz CT molecular complexity index is 1170. The number of anilines is 1. The van der Waals surface area contributed by atoms with Crippen molar-refractivity contribution in [1.82, 2.24) is 15.3 Å². The molecule has 1 atom stereocenters. The first-order valence-electron chi connectivity index (χ1n) is 12.9. The summed E-state index contributed by atoms with van der Waals surface area (Å²) in [6.07, 6.45) is 2.20. The van der Waals surface area contributed by atoms with E-state index in [-0.39, 0.29) is 6.61 Å². The summed E-state index contributed by atoms with van der Waals surface area (Å²) < 4.78 is 17.0. The van der Waals surface area contributed by atoms with Crippen LogP contribution in [0.25, 0.3) is 22.6 Å². The van der Waals surface area contributed by atoms with Gasteiger partial charge in [-0.2, -0.15) is 0 Å². The summed E-state index contributed by atoms with van der Waals surface area (Å²) in [5.74, 6) is 3.04. The minimum absolute atomic E-state index is 0.203. The first kappa shape index (κ1) is 26.9. The molecule has 1 aliphatic heterocycles. The standard InChI is InChI=1S/C29H38N4O4/c1-5-20-15-21(9-10-27(20)35-4)26-17-28(33(3)23-11-13-36-14-12-23)32-29(31-26)22-7-6-8-25(16-22)37-19-24(34)18-30-2/h6-10,15-17,23-24,30,34H,5,11-14,18-19H2,1-4H3. The number of benzene rings is 2. The van der Waals surface area contributed by atoms with Gasteiger partial charge in [-0.05, 0) is 62.2 Å². The van der Waals surface area contributed by atoms with Crippen molar-refractivity contribution in [2.75, 3.05) is 52.5 Å². The number of rotatable bonds is 11. The molecular formula is C29H38N4O4. The lowest BCUT2D eigenvalue weighted by molar-refractivity contribution is 0.0853. The van der Waals surface area contributed by atoms with Gasteiger partial charge in [0.2, 0.25) is 0 Å². The number of hydrogen-bond donors (Lipinski definition) is 2. The Hall–Kier alpha value is -3.20. The summed E-state index contributed by atoms with van der Waals surface area (Å²) in [5, 5.41) is 13.0. The first-order chi connectivity index (χ1) is 18.0. The Labute approximate surface area is 219 Å². The van der Waals surface area contributed by atoms with Gasteiger partial charge in [0.05, 0.1) is 12.8 Å². The molecule has 2 N–H and O–H groups in total. The molecule has 0 bridgehead atoms. The van der Waals surface area contributed by atoms with E-state index in [1.165, 1.54) is 0 Å². The summed E-state index contributed by atoms with van der Waals surface area (Å²) in [6.45, 7) is 4.31. The fourth-order valence-corrected chi connectivity index (χ4v) is 4.58. The van der Waals surface area contributed by atoms with Crippen LogP contribution in [0.3, 0.4) is 0 Å². The highest BCUT2D eigenvalue weighted by Crippen LogP contribution is 2.31. The molecule has 0 radical (unpaired) electrons. The fraction of sp³-hybridized carbons (Fsp3) is 0.448. The van der Waals surface area contributed by atoms with Gasteiger partial charge in [0.25, 0.3) is 0 Å². The summed E-state index contributed by atoms with van der Waals surface area (Å²) in [7, 11) is 5.60. The summed E-state index contributed by atoms with van der Waals surface area (Å²) in [4.78, 5) is 12.2. The van der Waals surface area contributed by atoms with E-state index in [4.69, 9.17) is 24.2 Å². The van der Waals surface area contributed by atoms with Gasteiger partial charge in [0.15, 0.2) is 5.82 Å². The molecule has 3 aromatic rings. The van der Waals surface area contributed by atoms with Crippen molar-refractivity contribution in [3.05, 3.63) is 54.1 Å². The van der Waals surface area contributed by atoms with Gasteiger partial charge >= 0.3 is 0 Å². The lowest BCUT2D eigenvalue weighted by Gasteiger charge is -2.32. The lowest BCUT2D eigenvalue weighted by Crippen LogP contribution is -2.37. The molecule has 1 unspecified atom stereocenters. The molecule has 0 amide bonds. The number of hydrogen-bond acceptors (Lipinski definition) is 8. The summed E-state index contributed by atoms with van der Waals surface area (Å²) in [6, 6.07) is 16.3. The van der Waals surface area contributed by atoms with Crippen molar-refractivity contribution in [1.29, 1.82) is 0 Å². The van der Waals surface area contributed by atoms with E-state index in [0.717, 1.165) is 66.4 Å². The van der Waals surface area contributed by atoms with Crippen LogP contribution >= 0.6 is 0 Å². The van der Waals surface area contributed by atoms with E-state index in [1.54, 1.807) is 14.2 Å². The topological polar surface area (TPSA) is 89.0 Å². The maximum Gasteiger partial charge on any atom is 0.162 e. The molecule has 4 rings (SSSR count). The number of aliphatic hydroxyl groups excluding tert-OH is 1. The SMILES string of the molecule is CCc1cc(-c2cc(N(C)C3CCOCC3)nc(-c3cccc(OCC(O)CNC)c3)n2)ccc1OC. The maximum atomic E-state index is 10.0. The first-order valence-corrected chi connectivity index (χ1v) is 12.9. The molecule has 8 nitrogen and oxygen atoms in total. The van der Waals surface area contributed by atoms with Crippen molar-refractivity contribution < 1.29 is 19.3 Å². The molecule has 1 aliphatic rings. The van der Waals surface area contributed by atoms with Gasteiger partial charge in [-0.25, -0.2) is 9.97 Å². The molecule has 2 aromatic carbocycles. The van der Waals surface area contributed by atoms with Gasteiger partial charge in [-0.3, -0.25) is 0 Å². The quantitative estimate of drug-likeness (QED) is 0.404. The normalized spacial score (nSPS) is 14.8. The molecule has 1 fully saturated rings. The van der Waals surface area contributed by atoms with Crippen molar-refractivity contribution in [3.63, 3.8) is 0 Å². The molecular weight excluding hydrogens is 468 g/mol. The summed E-state index contributed by atoms with van der Waals surface area (Å²) in [5.41, 5.74) is 3.86. The number of aryl methyl sites for hydroxylation is 1. The second kappa shape index (κ2) is 12.9. The number of aromatic nitrogens is 2. The largest absolute Gasteiger partial charge is 0.496 e. The Morgan fingerprint density at radius 2 is 1.92 bits per heavy atom. The second-order valence-corrected chi connectivity index (χ2v) is 9.32. The Kier molecular flexibility index (Phi) is 9.33. The van der Waals surface area contributed by atoms with Crippen LogP contribution in [0.4, 0.5) is 5.82 Å². The second-order valence-electron chi connectivity index (χ2n) is 9.32. The molecule has 0 spiro atoms. The highest BCUT2D eigenvalue weighted by Gasteiger charge is 2.22. The minimum Gasteiger partial charge on any atom is -0.496 e. The Balaban J connectivity index is 1.72. The zero-order valence-corrected chi connectivity index (χ0v) is 22.2. The third-order valence-electron chi connectivity index (χ3n) is 6.74. The number of methoxy groups -OCH3 is 1. The predicted molar refractivity (Wildman–Crippen MR) is 147 cm³/mol. The molecule has 1 aromatic heterocycles. The molecule has 8 heteroatoms.